The topological polar surface area (TPSA) is 29.5 Å². The van der Waals surface area contributed by atoms with Crippen molar-refractivity contribution in [2.75, 3.05) is 0 Å². The molecule has 0 bridgehead atoms. The molecule has 2 rings (SSSR count). The molecule has 2 aromatic carbocycles. The molecule has 0 spiro atoms. The number of benzene rings is 2. The third-order valence-corrected chi connectivity index (χ3v) is 2.81. The third-order valence-electron chi connectivity index (χ3n) is 2.81. The molecule has 0 aliphatic rings. The molecule has 0 aliphatic heterocycles. The van der Waals surface area contributed by atoms with Crippen LogP contribution in [0.2, 0.25) is 0 Å². The SMILES string of the molecule is CC(Oc1cccc(F)c1F)C(O)c1ccccc1. The molecule has 2 atom stereocenters. The summed E-state index contributed by atoms with van der Waals surface area (Å²) in [5, 5.41) is 10.1. The number of hydrogen-bond donors (Lipinski definition) is 1. The second-order valence-electron chi connectivity index (χ2n) is 4.23. The quantitative estimate of drug-likeness (QED) is 0.916. The van der Waals surface area contributed by atoms with E-state index < -0.39 is 23.8 Å². The van der Waals surface area contributed by atoms with Crippen LogP contribution < -0.4 is 4.74 Å². The van der Waals surface area contributed by atoms with E-state index >= 15 is 0 Å². The minimum absolute atomic E-state index is 0.206. The van der Waals surface area contributed by atoms with Crippen LogP contribution in [0, 0.1) is 11.6 Å². The largest absolute Gasteiger partial charge is 0.484 e. The molecule has 100 valence electrons. The average Bonchev–Trinajstić information content (AvgIpc) is 2.44. The summed E-state index contributed by atoms with van der Waals surface area (Å²) >= 11 is 0. The van der Waals surface area contributed by atoms with Gasteiger partial charge < -0.3 is 9.84 Å². The van der Waals surface area contributed by atoms with Crippen molar-refractivity contribution in [1.29, 1.82) is 0 Å². The van der Waals surface area contributed by atoms with Crippen LogP contribution in [0.25, 0.3) is 0 Å². The molecule has 19 heavy (non-hydrogen) atoms. The van der Waals surface area contributed by atoms with Gasteiger partial charge in [-0.1, -0.05) is 36.4 Å². The van der Waals surface area contributed by atoms with E-state index in [1.807, 2.05) is 6.07 Å². The zero-order valence-electron chi connectivity index (χ0n) is 10.4. The van der Waals surface area contributed by atoms with Gasteiger partial charge in [0.05, 0.1) is 0 Å². The van der Waals surface area contributed by atoms with Crippen molar-refractivity contribution in [3.05, 3.63) is 65.7 Å². The Labute approximate surface area is 110 Å². The Morgan fingerprint density at radius 3 is 2.37 bits per heavy atom. The summed E-state index contributed by atoms with van der Waals surface area (Å²) in [5.74, 6) is -2.23. The first-order valence-corrected chi connectivity index (χ1v) is 5.93. The van der Waals surface area contributed by atoms with Gasteiger partial charge in [0.2, 0.25) is 5.82 Å². The second kappa shape index (κ2) is 5.80. The van der Waals surface area contributed by atoms with E-state index in [9.17, 15) is 13.9 Å². The van der Waals surface area contributed by atoms with Gasteiger partial charge in [0, 0.05) is 0 Å². The number of ether oxygens (including phenoxy) is 1. The number of halogens is 2. The molecule has 0 radical (unpaired) electrons. The van der Waals surface area contributed by atoms with Gasteiger partial charge in [0.15, 0.2) is 11.6 Å². The number of hydrogen-bond acceptors (Lipinski definition) is 2. The summed E-state index contributed by atoms with van der Waals surface area (Å²) in [6.45, 7) is 1.60. The lowest BCUT2D eigenvalue weighted by Crippen LogP contribution is -2.22. The van der Waals surface area contributed by atoms with Gasteiger partial charge in [0.1, 0.15) is 12.2 Å². The number of aliphatic hydroxyl groups excluding tert-OH is 1. The van der Waals surface area contributed by atoms with E-state index in [-0.39, 0.29) is 5.75 Å². The normalized spacial score (nSPS) is 13.9. The van der Waals surface area contributed by atoms with Crippen LogP contribution in [0.5, 0.6) is 5.75 Å². The van der Waals surface area contributed by atoms with Crippen LogP contribution in [-0.2, 0) is 0 Å². The van der Waals surface area contributed by atoms with Gasteiger partial charge in [-0.05, 0) is 24.6 Å². The molecule has 0 saturated carbocycles. The fraction of sp³-hybridized carbons (Fsp3) is 0.200. The number of rotatable bonds is 4. The maximum atomic E-state index is 13.4. The highest BCUT2D eigenvalue weighted by atomic mass is 19.2. The molecular weight excluding hydrogens is 250 g/mol. The van der Waals surface area contributed by atoms with Crippen LogP contribution in [0.3, 0.4) is 0 Å². The minimum Gasteiger partial charge on any atom is -0.484 e. The van der Waals surface area contributed by atoms with Crippen molar-refractivity contribution in [2.45, 2.75) is 19.1 Å². The summed E-state index contributed by atoms with van der Waals surface area (Å²) < 4.78 is 31.8. The van der Waals surface area contributed by atoms with Crippen molar-refractivity contribution in [2.24, 2.45) is 0 Å². The lowest BCUT2D eigenvalue weighted by atomic mass is 10.1. The Kier molecular flexibility index (Phi) is 4.12. The molecule has 0 fully saturated rings. The fourth-order valence-electron chi connectivity index (χ4n) is 1.76. The highest BCUT2D eigenvalue weighted by Crippen LogP contribution is 2.25. The van der Waals surface area contributed by atoms with Crippen molar-refractivity contribution in [1.82, 2.24) is 0 Å². The Morgan fingerprint density at radius 2 is 1.68 bits per heavy atom. The number of aliphatic hydroxyl groups is 1. The zero-order valence-corrected chi connectivity index (χ0v) is 10.4. The lowest BCUT2D eigenvalue weighted by molar-refractivity contribution is 0.0440. The van der Waals surface area contributed by atoms with Gasteiger partial charge >= 0.3 is 0 Å². The summed E-state index contributed by atoms with van der Waals surface area (Å²) in [6, 6.07) is 12.6. The molecule has 4 heteroatoms. The standard InChI is InChI=1S/C15H14F2O2/c1-10(15(18)11-6-3-2-4-7-11)19-13-9-5-8-12(16)14(13)17/h2-10,15,18H,1H3. The Balaban J connectivity index is 2.13. The first-order chi connectivity index (χ1) is 9.09. The van der Waals surface area contributed by atoms with Gasteiger partial charge in [-0.3, -0.25) is 0 Å². The predicted molar refractivity (Wildman–Crippen MR) is 67.8 cm³/mol. The molecule has 2 unspecified atom stereocenters. The summed E-state index contributed by atoms with van der Waals surface area (Å²) in [7, 11) is 0. The van der Waals surface area contributed by atoms with Gasteiger partial charge in [0.25, 0.3) is 0 Å². The van der Waals surface area contributed by atoms with E-state index in [0.717, 1.165) is 6.07 Å². The van der Waals surface area contributed by atoms with Gasteiger partial charge in [-0.15, -0.1) is 0 Å². The molecule has 2 aromatic rings. The molecule has 2 nitrogen and oxygen atoms in total. The molecule has 0 saturated heterocycles. The van der Waals surface area contributed by atoms with Crippen LogP contribution in [-0.4, -0.2) is 11.2 Å². The van der Waals surface area contributed by atoms with Gasteiger partial charge in [-0.2, -0.15) is 4.39 Å². The van der Waals surface area contributed by atoms with E-state index in [2.05, 4.69) is 0 Å². The predicted octanol–water partition coefficient (Wildman–Crippen LogP) is 3.47. The Bertz CT molecular complexity index is 543. The first kappa shape index (κ1) is 13.5. The van der Waals surface area contributed by atoms with E-state index in [4.69, 9.17) is 4.74 Å². The highest BCUT2D eigenvalue weighted by Gasteiger charge is 2.20. The zero-order chi connectivity index (χ0) is 13.8. The average molecular weight is 264 g/mol. The molecule has 0 amide bonds. The minimum atomic E-state index is -1.05. The summed E-state index contributed by atoms with van der Waals surface area (Å²) in [5.41, 5.74) is 0.659. The van der Waals surface area contributed by atoms with E-state index in [1.54, 1.807) is 31.2 Å². The molecule has 1 N–H and O–H groups in total. The monoisotopic (exact) mass is 264 g/mol. The van der Waals surface area contributed by atoms with Crippen LogP contribution in [0.1, 0.15) is 18.6 Å². The fourth-order valence-corrected chi connectivity index (χ4v) is 1.76. The van der Waals surface area contributed by atoms with Crippen molar-refractivity contribution in [3.63, 3.8) is 0 Å². The van der Waals surface area contributed by atoms with Crippen LogP contribution in [0.4, 0.5) is 8.78 Å². The van der Waals surface area contributed by atoms with Crippen molar-refractivity contribution >= 4 is 0 Å². The third kappa shape index (κ3) is 3.09. The first-order valence-electron chi connectivity index (χ1n) is 5.93. The maximum Gasteiger partial charge on any atom is 0.200 e. The van der Waals surface area contributed by atoms with E-state index in [1.165, 1.54) is 12.1 Å². The summed E-state index contributed by atoms with van der Waals surface area (Å²) in [6.07, 6.45) is -1.61. The Hall–Kier alpha value is -1.94. The Morgan fingerprint density at radius 1 is 1.00 bits per heavy atom. The molecule has 0 aliphatic carbocycles. The van der Waals surface area contributed by atoms with Crippen LogP contribution in [0.15, 0.2) is 48.5 Å². The smallest absolute Gasteiger partial charge is 0.200 e. The highest BCUT2D eigenvalue weighted by molar-refractivity contribution is 5.26. The molecule has 0 aromatic heterocycles. The van der Waals surface area contributed by atoms with Crippen LogP contribution >= 0.6 is 0 Å². The molecular formula is C15H14F2O2. The maximum absolute atomic E-state index is 13.4. The van der Waals surface area contributed by atoms with Crippen molar-refractivity contribution in [3.8, 4) is 5.75 Å². The summed E-state index contributed by atoms with van der Waals surface area (Å²) in [4.78, 5) is 0. The van der Waals surface area contributed by atoms with E-state index in [0.29, 0.717) is 5.56 Å². The second-order valence-corrected chi connectivity index (χ2v) is 4.23. The molecule has 0 heterocycles. The van der Waals surface area contributed by atoms with Crippen molar-refractivity contribution < 1.29 is 18.6 Å². The lowest BCUT2D eigenvalue weighted by Gasteiger charge is -2.21. The van der Waals surface area contributed by atoms with Gasteiger partial charge in [-0.25, -0.2) is 4.39 Å².